The highest BCUT2D eigenvalue weighted by Gasteiger charge is 2.25. The summed E-state index contributed by atoms with van der Waals surface area (Å²) in [7, 11) is 1.93. The van der Waals surface area contributed by atoms with Gasteiger partial charge in [-0.05, 0) is 32.4 Å². The first-order chi connectivity index (χ1) is 10.3. The van der Waals surface area contributed by atoms with Crippen LogP contribution in [-0.2, 0) is 11.3 Å². The van der Waals surface area contributed by atoms with Crippen LogP contribution in [0.15, 0.2) is 29.3 Å². The topological polar surface area (TPSA) is 70.7 Å². The van der Waals surface area contributed by atoms with Crippen molar-refractivity contribution < 1.29 is 4.79 Å². The predicted octanol–water partition coefficient (Wildman–Crippen LogP) is 2.87. The molecule has 0 atom stereocenters. The van der Waals surface area contributed by atoms with Crippen molar-refractivity contribution in [2.75, 3.05) is 20.1 Å². The molecule has 1 amide bonds. The van der Waals surface area contributed by atoms with Gasteiger partial charge in [-0.25, -0.2) is 0 Å². The number of hydrogen-bond acceptors (Lipinski definition) is 2. The van der Waals surface area contributed by atoms with Crippen LogP contribution >= 0.6 is 35.6 Å². The number of aliphatic imine (C=N–C) groups is 1. The molecular weight excluding hydrogens is 427 g/mol. The van der Waals surface area contributed by atoms with E-state index in [4.69, 9.17) is 17.3 Å². The lowest BCUT2D eigenvalue weighted by Crippen LogP contribution is -2.40. The first-order valence-electron chi connectivity index (χ1n) is 7.30. The molecular formula is C16H26ClIN4O. The van der Waals surface area contributed by atoms with E-state index in [-0.39, 0.29) is 29.9 Å². The van der Waals surface area contributed by atoms with E-state index < -0.39 is 5.41 Å². The van der Waals surface area contributed by atoms with Crippen LogP contribution < -0.4 is 11.1 Å². The highest BCUT2D eigenvalue weighted by atomic mass is 127. The van der Waals surface area contributed by atoms with Crippen LogP contribution in [0.5, 0.6) is 0 Å². The molecule has 23 heavy (non-hydrogen) atoms. The van der Waals surface area contributed by atoms with Gasteiger partial charge < -0.3 is 16.0 Å². The lowest BCUT2D eigenvalue weighted by atomic mass is 9.93. The van der Waals surface area contributed by atoms with Crippen molar-refractivity contribution in [1.29, 1.82) is 0 Å². The molecule has 1 aromatic rings. The monoisotopic (exact) mass is 452 g/mol. The third-order valence-corrected chi connectivity index (χ3v) is 3.72. The number of amides is 1. The van der Waals surface area contributed by atoms with Crippen molar-refractivity contribution in [2.24, 2.45) is 16.1 Å². The Hall–Kier alpha value is -1.02. The molecule has 0 unspecified atom stereocenters. The Balaban J connectivity index is 0.00000484. The van der Waals surface area contributed by atoms with E-state index in [1.54, 1.807) is 13.8 Å². The van der Waals surface area contributed by atoms with Gasteiger partial charge in [0.25, 0.3) is 0 Å². The van der Waals surface area contributed by atoms with Crippen LogP contribution in [0.2, 0.25) is 5.02 Å². The normalized spacial score (nSPS) is 11.6. The summed E-state index contributed by atoms with van der Waals surface area (Å²) in [6, 6.07) is 7.70. The summed E-state index contributed by atoms with van der Waals surface area (Å²) >= 11 is 6.19. The number of carbonyl (C=O) groups is 1. The Kier molecular flexibility index (Phi) is 9.53. The number of carbonyl (C=O) groups excluding carboxylic acids is 1. The number of primary amides is 1. The molecule has 0 fully saturated rings. The molecule has 3 N–H and O–H groups in total. The van der Waals surface area contributed by atoms with Gasteiger partial charge in [0.15, 0.2) is 5.96 Å². The summed E-state index contributed by atoms with van der Waals surface area (Å²) < 4.78 is 0. The largest absolute Gasteiger partial charge is 0.369 e. The standard InChI is InChI=1S/C16H25ClN4O.HI/c1-5-19-15(20-11-16(2,3)14(18)22)21(4)10-12-8-6-7-9-13(12)17;/h6-9H,5,10-11H2,1-4H3,(H2,18,22)(H,19,20);1H. The maximum atomic E-state index is 11.4. The molecule has 7 heteroatoms. The molecule has 0 aliphatic rings. The minimum Gasteiger partial charge on any atom is -0.369 e. The number of benzene rings is 1. The molecule has 1 rings (SSSR count). The minimum absolute atomic E-state index is 0. The summed E-state index contributed by atoms with van der Waals surface area (Å²) in [5.74, 6) is 0.359. The van der Waals surface area contributed by atoms with E-state index in [1.165, 1.54) is 0 Å². The fraction of sp³-hybridized carbons (Fsp3) is 0.500. The second-order valence-corrected chi connectivity index (χ2v) is 6.27. The van der Waals surface area contributed by atoms with Crippen LogP contribution in [0.25, 0.3) is 0 Å². The van der Waals surface area contributed by atoms with E-state index >= 15 is 0 Å². The summed E-state index contributed by atoms with van der Waals surface area (Å²) in [6.07, 6.45) is 0. The molecule has 0 aromatic heterocycles. The van der Waals surface area contributed by atoms with E-state index in [9.17, 15) is 4.79 Å². The Morgan fingerprint density at radius 2 is 2.00 bits per heavy atom. The van der Waals surface area contributed by atoms with Gasteiger partial charge in [-0.15, -0.1) is 24.0 Å². The lowest BCUT2D eigenvalue weighted by molar-refractivity contribution is -0.125. The van der Waals surface area contributed by atoms with Gasteiger partial charge in [-0.1, -0.05) is 29.8 Å². The summed E-state index contributed by atoms with van der Waals surface area (Å²) in [5, 5.41) is 3.94. The van der Waals surface area contributed by atoms with Crippen LogP contribution in [0.4, 0.5) is 0 Å². The number of hydrogen-bond donors (Lipinski definition) is 2. The Morgan fingerprint density at radius 1 is 1.39 bits per heavy atom. The maximum Gasteiger partial charge on any atom is 0.224 e. The third-order valence-electron chi connectivity index (χ3n) is 3.35. The predicted molar refractivity (Wildman–Crippen MR) is 107 cm³/mol. The van der Waals surface area contributed by atoms with Crippen molar-refractivity contribution in [3.05, 3.63) is 34.9 Å². The second-order valence-electron chi connectivity index (χ2n) is 5.87. The van der Waals surface area contributed by atoms with Gasteiger partial charge in [0.2, 0.25) is 5.91 Å². The average Bonchev–Trinajstić information content (AvgIpc) is 2.45. The molecule has 0 saturated heterocycles. The van der Waals surface area contributed by atoms with Crippen LogP contribution in [-0.4, -0.2) is 36.9 Å². The third kappa shape index (κ3) is 6.95. The second kappa shape index (κ2) is 9.97. The fourth-order valence-electron chi connectivity index (χ4n) is 1.78. The van der Waals surface area contributed by atoms with Gasteiger partial charge >= 0.3 is 0 Å². The van der Waals surface area contributed by atoms with Gasteiger partial charge in [0.05, 0.1) is 12.0 Å². The first-order valence-corrected chi connectivity index (χ1v) is 7.68. The van der Waals surface area contributed by atoms with Crippen LogP contribution in [0, 0.1) is 5.41 Å². The Morgan fingerprint density at radius 3 is 2.52 bits per heavy atom. The van der Waals surface area contributed by atoms with E-state index in [1.807, 2.05) is 43.1 Å². The zero-order valence-electron chi connectivity index (χ0n) is 14.1. The highest BCUT2D eigenvalue weighted by Crippen LogP contribution is 2.17. The van der Waals surface area contributed by atoms with Crippen LogP contribution in [0.3, 0.4) is 0 Å². The van der Waals surface area contributed by atoms with E-state index in [0.717, 1.165) is 23.1 Å². The SMILES string of the molecule is CCNC(=NCC(C)(C)C(N)=O)N(C)Cc1ccccc1Cl.I. The molecule has 5 nitrogen and oxygen atoms in total. The fourth-order valence-corrected chi connectivity index (χ4v) is 1.97. The average molecular weight is 453 g/mol. The summed E-state index contributed by atoms with van der Waals surface area (Å²) in [4.78, 5) is 17.9. The Bertz CT molecular complexity index is 549. The molecule has 0 bridgehead atoms. The number of guanidine groups is 1. The number of nitrogens with one attached hydrogen (secondary N) is 1. The van der Waals surface area contributed by atoms with Gasteiger partial charge in [-0.2, -0.15) is 0 Å². The van der Waals surface area contributed by atoms with Crippen molar-refractivity contribution in [3.8, 4) is 0 Å². The lowest BCUT2D eigenvalue weighted by Gasteiger charge is -2.24. The van der Waals surface area contributed by atoms with Gasteiger partial charge in [0.1, 0.15) is 0 Å². The van der Waals surface area contributed by atoms with Gasteiger partial charge in [-0.3, -0.25) is 9.79 Å². The molecule has 130 valence electrons. The minimum atomic E-state index is -0.675. The number of nitrogens with zero attached hydrogens (tertiary/aromatic N) is 2. The van der Waals surface area contributed by atoms with E-state index in [2.05, 4.69) is 10.3 Å². The number of halogens is 2. The molecule has 0 saturated carbocycles. The number of nitrogens with two attached hydrogens (primary N) is 1. The Labute approximate surface area is 160 Å². The van der Waals surface area contributed by atoms with E-state index in [0.29, 0.717) is 13.1 Å². The first kappa shape index (κ1) is 22.0. The van der Waals surface area contributed by atoms with Crippen molar-refractivity contribution in [3.63, 3.8) is 0 Å². The van der Waals surface area contributed by atoms with Gasteiger partial charge in [0, 0.05) is 25.2 Å². The molecule has 0 radical (unpaired) electrons. The molecule has 1 aromatic carbocycles. The zero-order chi connectivity index (χ0) is 16.8. The van der Waals surface area contributed by atoms with Crippen molar-refractivity contribution in [2.45, 2.75) is 27.3 Å². The highest BCUT2D eigenvalue weighted by molar-refractivity contribution is 14.0. The summed E-state index contributed by atoms with van der Waals surface area (Å²) in [6.45, 7) is 7.27. The zero-order valence-corrected chi connectivity index (χ0v) is 17.2. The molecule has 0 aliphatic carbocycles. The van der Waals surface area contributed by atoms with Crippen molar-refractivity contribution in [1.82, 2.24) is 10.2 Å². The molecule has 0 spiro atoms. The maximum absolute atomic E-state index is 11.4. The summed E-state index contributed by atoms with van der Waals surface area (Å²) in [5.41, 5.74) is 5.74. The smallest absolute Gasteiger partial charge is 0.224 e. The number of rotatable bonds is 6. The van der Waals surface area contributed by atoms with Crippen molar-refractivity contribution >= 4 is 47.4 Å². The quantitative estimate of drug-likeness (QED) is 0.396. The molecule has 0 heterocycles. The molecule has 0 aliphatic heterocycles. The van der Waals surface area contributed by atoms with Crippen LogP contribution in [0.1, 0.15) is 26.3 Å².